The van der Waals surface area contributed by atoms with Gasteiger partial charge in [0.05, 0.1) is 13.2 Å². The van der Waals surface area contributed by atoms with Gasteiger partial charge in [-0.1, -0.05) is 66.7 Å². The smallest absolute Gasteiger partial charge is 0.407 e. The van der Waals surface area contributed by atoms with Gasteiger partial charge in [0, 0.05) is 6.08 Å². The van der Waals surface area contributed by atoms with Gasteiger partial charge in [0.1, 0.15) is 6.61 Å². The number of benzene rings is 2. The molecular formula is C20H21NO4. The highest BCUT2D eigenvalue weighted by Crippen LogP contribution is 2.17. The lowest BCUT2D eigenvalue weighted by Gasteiger charge is -2.17. The molecule has 0 spiro atoms. The standard InChI is InChI=1S/C20H21NO4/c1-24-19(22)14-8-13-18(17-11-6-3-7-12-17)21-20(23)25-15-16-9-4-2-5-10-16/h2-12,14,18H,13,15H2,1H3,(H,21,23)/b14-8+/t18-/m1/s1. The minimum absolute atomic E-state index is 0.201. The van der Waals surface area contributed by atoms with E-state index < -0.39 is 12.1 Å². The summed E-state index contributed by atoms with van der Waals surface area (Å²) in [6, 6.07) is 18.7. The molecule has 0 aliphatic rings. The second-order valence-electron chi connectivity index (χ2n) is 5.33. The molecule has 0 unspecified atom stereocenters. The number of ether oxygens (including phenoxy) is 2. The van der Waals surface area contributed by atoms with E-state index in [1.165, 1.54) is 13.2 Å². The van der Waals surface area contributed by atoms with Crippen molar-refractivity contribution in [2.24, 2.45) is 0 Å². The summed E-state index contributed by atoms with van der Waals surface area (Å²) in [6.07, 6.45) is 2.94. The van der Waals surface area contributed by atoms with Gasteiger partial charge in [0.2, 0.25) is 0 Å². The van der Waals surface area contributed by atoms with Crippen LogP contribution >= 0.6 is 0 Å². The molecule has 5 heteroatoms. The van der Waals surface area contributed by atoms with Crippen molar-refractivity contribution in [3.05, 3.63) is 83.9 Å². The molecule has 0 aliphatic heterocycles. The SMILES string of the molecule is COC(=O)/C=C/C[C@@H](NC(=O)OCc1ccccc1)c1ccccc1. The molecule has 0 aliphatic carbocycles. The van der Waals surface area contributed by atoms with Crippen LogP contribution in [0.5, 0.6) is 0 Å². The van der Waals surface area contributed by atoms with Crippen LogP contribution in [0.15, 0.2) is 72.8 Å². The molecule has 5 nitrogen and oxygen atoms in total. The van der Waals surface area contributed by atoms with Crippen molar-refractivity contribution < 1.29 is 19.1 Å². The van der Waals surface area contributed by atoms with Crippen LogP contribution < -0.4 is 5.32 Å². The van der Waals surface area contributed by atoms with Crippen molar-refractivity contribution in [1.82, 2.24) is 5.32 Å². The Labute approximate surface area is 147 Å². The molecule has 1 atom stereocenters. The molecule has 0 saturated carbocycles. The summed E-state index contributed by atoms with van der Waals surface area (Å²) in [5.74, 6) is -0.432. The summed E-state index contributed by atoms with van der Waals surface area (Å²) in [6.45, 7) is 0.201. The number of methoxy groups -OCH3 is 1. The fraction of sp³-hybridized carbons (Fsp3) is 0.200. The van der Waals surface area contributed by atoms with Crippen molar-refractivity contribution in [2.45, 2.75) is 19.1 Å². The van der Waals surface area contributed by atoms with Gasteiger partial charge in [0.25, 0.3) is 0 Å². The summed E-state index contributed by atoms with van der Waals surface area (Å²) in [4.78, 5) is 23.3. The average molecular weight is 339 g/mol. The molecule has 0 aromatic heterocycles. The van der Waals surface area contributed by atoms with Crippen LogP contribution in [-0.4, -0.2) is 19.2 Å². The largest absolute Gasteiger partial charge is 0.466 e. The highest BCUT2D eigenvalue weighted by Gasteiger charge is 2.14. The third kappa shape index (κ3) is 6.51. The van der Waals surface area contributed by atoms with Crippen molar-refractivity contribution in [2.75, 3.05) is 7.11 Å². The Kier molecular flexibility index (Phi) is 7.25. The second-order valence-corrected chi connectivity index (χ2v) is 5.33. The summed E-state index contributed by atoms with van der Waals surface area (Å²) >= 11 is 0. The normalized spacial score (nSPS) is 11.7. The zero-order chi connectivity index (χ0) is 17.9. The van der Waals surface area contributed by atoms with Crippen LogP contribution in [0.25, 0.3) is 0 Å². The first-order valence-corrected chi connectivity index (χ1v) is 7.95. The van der Waals surface area contributed by atoms with Crippen LogP contribution in [-0.2, 0) is 20.9 Å². The van der Waals surface area contributed by atoms with Gasteiger partial charge in [-0.3, -0.25) is 0 Å². The first kappa shape index (κ1) is 18.3. The summed E-state index contributed by atoms with van der Waals surface area (Å²) in [7, 11) is 1.32. The number of carbonyl (C=O) groups excluding carboxylic acids is 2. The van der Waals surface area contributed by atoms with Gasteiger partial charge in [-0.25, -0.2) is 9.59 Å². The molecule has 0 bridgehead atoms. The van der Waals surface area contributed by atoms with Gasteiger partial charge < -0.3 is 14.8 Å². The lowest BCUT2D eigenvalue weighted by Crippen LogP contribution is -2.28. The minimum Gasteiger partial charge on any atom is -0.466 e. The monoisotopic (exact) mass is 339 g/mol. The molecule has 0 fully saturated rings. The number of hydrogen-bond donors (Lipinski definition) is 1. The minimum atomic E-state index is -0.510. The number of hydrogen-bond acceptors (Lipinski definition) is 4. The zero-order valence-electron chi connectivity index (χ0n) is 14.1. The molecule has 25 heavy (non-hydrogen) atoms. The van der Waals surface area contributed by atoms with Crippen molar-refractivity contribution >= 4 is 12.1 Å². The van der Waals surface area contributed by atoms with Crippen molar-refractivity contribution in [3.8, 4) is 0 Å². The summed E-state index contributed by atoms with van der Waals surface area (Å²) in [5, 5.41) is 2.83. The van der Waals surface area contributed by atoms with Gasteiger partial charge >= 0.3 is 12.1 Å². The predicted octanol–water partition coefficient (Wildman–Crippen LogP) is 3.77. The summed E-state index contributed by atoms with van der Waals surface area (Å²) < 4.78 is 9.83. The maximum atomic E-state index is 12.1. The van der Waals surface area contributed by atoms with Gasteiger partial charge in [-0.2, -0.15) is 0 Å². The number of esters is 1. The number of amides is 1. The quantitative estimate of drug-likeness (QED) is 0.616. The second kappa shape index (κ2) is 9.93. The van der Waals surface area contributed by atoms with E-state index in [0.717, 1.165) is 11.1 Å². The number of carbonyl (C=O) groups is 2. The Hall–Kier alpha value is -3.08. The van der Waals surface area contributed by atoms with Crippen LogP contribution in [0.1, 0.15) is 23.6 Å². The maximum absolute atomic E-state index is 12.1. The number of alkyl carbamates (subject to hydrolysis) is 1. The molecule has 130 valence electrons. The first-order valence-electron chi connectivity index (χ1n) is 7.95. The van der Waals surface area contributed by atoms with Gasteiger partial charge in [0.15, 0.2) is 0 Å². The first-order chi connectivity index (χ1) is 12.2. The average Bonchev–Trinajstić information content (AvgIpc) is 2.67. The molecule has 2 aromatic carbocycles. The van der Waals surface area contributed by atoms with Gasteiger partial charge in [-0.05, 0) is 17.5 Å². The van der Waals surface area contributed by atoms with Crippen LogP contribution in [0.2, 0.25) is 0 Å². The topological polar surface area (TPSA) is 64.6 Å². The van der Waals surface area contributed by atoms with Gasteiger partial charge in [-0.15, -0.1) is 0 Å². The highest BCUT2D eigenvalue weighted by molar-refractivity contribution is 5.81. The van der Waals surface area contributed by atoms with Crippen LogP contribution in [0.4, 0.5) is 4.79 Å². The van der Waals surface area contributed by atoms with E-state index in [1.54, 1.807) is 6.08 Å². The molecule has 0 saturated heterocycles. The Morgan fingerprint density at radius 1 is 1.04 bits per heavy atom. The van der Waals surface area contributed by atoms with E-state index in [1.807, 2.05) is 60.7 Å². The Morgan fingerprint density at radius 2 is 1.68 bits per heavy atom. The van der Waals surface area contributed by atoms with E-state index in [2.05, 4.69) is 10.1 Å². The molecule has 2 rings (SSSR count). The van der Waals surface area contributed by atoms with E-state index in [-0.39, 0.29) is 12.6 Å². The molecule has 2 aromatic rings. The van der Waals surface area contributed by atoms with Crippen molar-refractivity contribution in [1.29, 1.82) is 0 Å². The van der Waals surface area contributed by atoms with E-state index in [4.69, 9.17) is 4.74 Å². The van der Waals surface area contributed by atoms with Crippen LogP contribution in [0, 0.1) is 0 Å². The molecule has 0 radical (unpaired) electrons. The van der Waals surface area contributed by atoms with E-state index >= 15 is 0 Å². The Morgan fingerprint density at radius 3 is 2.32 bits per heavy atom. The predicted molar refractivity (Wildman–Crippen MR) is 94.7 cm³/mol. The highest BCUT2D eigenvalue weighted by atomic mass is 16.5. The molecule has 0 heterocycles. The Bertz CT molecular complexity index is 698. The third-order valence-electron chi connectivity index (χ3n) is 3.53. The number of rotatable bonds is 7. The van der Waals surface area contributed by atoms with Crippen LogP contribution in [0.3, 0.4) is 0 Å². The summed E-state index contributed by atoms with van der Waals surface area (Å²) in [5.41, 5.74) is 1.84. The lowest BCUT2D eigenvalue weighted by molar-refractivity contribution is -0.134. The zero-order valence-corrected chi connectivity index (χ0v) is 14.1. The molecule has 1 N–H and O–H groups in total. The van der Waals surface area contributed by atoms with E-state index in [0.29, 0.717) is 6.42 Å². The fourth-order valence-electron chi connectivity index (χ4n) is 2.24. The Balaban J connectivity index is 1.96. The van der Waals surface area contributed by atoms with E-state index in [9.17, 15) is 9.59 Å². The maximum Gasteiger partial charge on any atom is 0.407 e. The third-order valence-corrected chi connectivity index (χ3v) is 3.53. The van der Waals surface area contributed by atoms with Crippen molar-refractivity contribution in [3.63, 3.8) is 0 Å². The lowest BCUT2D eigenvalue weighted by atomic mass is 10.0. The number of nitrogens with one attached hydrogen (secondary N) is 1. The molecular weight excluding hydrogens is 318 g/mol. The fourth-order valence-corrected chi connectivity index (χ4v) is 2.24. The molecule has 1 amide bonds.